The molecule has 11 heteroatoms. The summed E-state index contributed by atoms with van der Waals surface area (Å²) in [6, 6.07) is 0. The SMILES string of the molecule is CCCCO.CCCCO.CCCCO.CCCCO.CCO.CCO.CCO.CCO.[Ti].[Ti].[Ti]. The van der Waals surface area contributed by atoms with Gasteiger partial charge in [-0.05, 0) is 53.4 Å². The van der Waals surface area contributed by atoms with Gasteiger partial charge in [-0.3, -0.25) is 0 Å². The average Bonchev–Trinajstić information content (AvgIpc) is 2.74. The summed E-state index contributed by atoms with van der Waals surface area (Å²) in [6.45, 7) is 17.3. The molecule has 0 aliphatic heterocycles. The maximum Gasteiger partial charge on any atom is 0.0430 e. The summed E-state index contributed by atoms with van der Waals surface area (Å²) < 4.78 is 0. The van der Waals surface area contributed by atoms with Crippen LogP contribution in [0.2, 0.25) is 0 Å². The van der Waals surface area contributed by atoms with E-state index in [0.717, 1.165) is 51.4 Å². The minimum atomic E-state index is 0. The van der Waals surface area contributed by atoms with E-state index in [1.54, 1.807) is 27.7 Å². The maximum atomic E-state index is 8.07. The van der Waals surface area contributed by atoms with Crippen molar-refractivity contribution in [3.8, 4) is 0 Å². The second-order valence-corrected chi connectivity index (χ2v) is 5.57. The first kappa shape index (κ1) is 70.9. The van der Waals surface area contributed by atoms with Gasteiger partial charge >= 0.3 is 0 Å². The number of rotatable bonds is 8. The van der Waals surface area contributed by atoms with Crippen LogP contribution in [0, 0.1) is 0 Å². The van der Waals surface area contributed by atoms with Crippen LogP contribution in [-0.2, 0) is 65.2 Å². The largest absolute Gasteiger partial charge is 0.397 e. The summed E-state index contributed by atoms with van der Waals surface area (Å²) >= 11 is 0. The summed E-state index contributed by atoms with van der Waals surface area (Å²) in [7, 11) is 0. The van der Waals surface area contributed by atoms with Gasteiger partial charge in [-0.1, -0.05) is 53.4 Å². The van der Waals surface area contributed by atoms with Crippen molar-refractivity contribution >= 4 is 0 Å². The summed E-state index contributed by atoms with van der Waals surface area (Å²) in [5, 5.41) is 62.5. The Morgan fingerprint density at radius 1 is 0.286 bits per heavy atom. The Hall–Kier alpha value is 1.82. The van der Waals surface area contributed by atoms with Gasteiger partial charge in [0.25, 0.3) is 0 Å². The molecule has 8 N–H and O–H groups in total. The third-order valence-electron chi connectivity index (χ3n) is 2.05. The predicted molar refractivity (Wildman–Crippen MR) is 139 cm³/mol. The van der Waals surface area contributed by atoms with Crippen LogP contribution in [0.1, 0.15) is 107 Å². The molecule has 0 saturated heterocycles. The number of aliphatic hydroxyl groups excluding tert-OH is 8. The number of unbranched alkanes of at least 4 members (excludes halogenated alkanes) is 4. The van der Waals surface area contributed by atoms with E-state index in [0.29, 0.717) is 26.4 Å². The van der Waals surface area contributed by atoms with Gasteiger partial charge in [0.2, 0.25) is 0 Å². The van der Waals surface area contributed by atoms with Crippen molar-refractivity contribution in [2.45, 2.75) is 107 Å². The van der Waals surface area contributed by atoms with Crippen LogP contribution in [0.25, 0.3) is 0 Å². The topological polar surface area (TPSA) is 162 Å². The number of hydrogen-bond acceptors (Lipinski definition) is 8. The molecule has 0 heterocycles. The van der Waals surface area contributed by atoms with Crippen LogP contribution in [0.3, 0.4) is 0 Å². The zero-order chi connectivity index (χ0) is 27.3. The Balaban J connectivity index is -0.0000000209. The van der Waals surface area contributed by atoms with E-state index in [1.807, 2.05) is 0 Å². The van der Waals surface area contributed by atoms with Gasteiger partial charge in [-0.25, -0.2) is 0 Å². The molecule has 0 aromatic carbocycles. The molecule has 0 radical (unpaired) electrons. The average molecular weight is 624 g/mol. The number of aliphatic hydroxyl groups is 8. The summed E-state index contributed by atoms with van der Waals surface area (Å²) in [6.07, 6.45) is 8.15. The molecule has 0 fully saturated rings. The quantitative estimate of drug-likeness (QED) is 0.191. The van der Waals surface area contributed by atoms with E-state index in [-0.39, 0.29) is 91.6 Å². The van der Waals surface area contributed by atoms with Gasteiger partial charge in [0.05, 0.1) is 0 Å². The number of hydrogen-bond donors (Lipinski definition) is 8. The van der Waals surface area contributed by atoms with Crippen molar-refractivity contribution in [2.24, 2.45) is 0 Å². The van der Waals surface area contributed by atoms with Crippen LogP contribution in [0.15, 0.2) is 0 Å². The smallest absolute Gasteiger partial charge is 0.0430 e. The van der Waals surface area contributed by atoms with Crippen LogP contribution < -0.4 is 0 Å². The molecule has 0 atom stereocenters. The molecule has 0 aliphatic rings. The standard InChI is InChI=1S/4C4H10O.4C2H6O.3Ti/c4*1-2-3-4-5;4*1-2-3;;;/h4*5H,2-4H2,1H3;4*3H,2H2,1H3;;;. The molecule has 0 amide bonds. The molecule has 0 rings (SSSR count). The normalized spacial score (nSPS) is 6.86. The minimum Gasteiger partial charge on any atom is -0.397 e. The summed E-state index contributed by atoms with van der Waals surface area (Å²) in [4.78, 5) is 0. The molecule has 0 saturated carbocycles. The van der Waals surface area contributed by atoms with Crippen LogP contribution >= 0.6 is 0 Å². The van der Waals surface area contributed by atoms with Gasteiger partial charge in [0.15, 0.2) is 0 Å². The van der Waals surface area contributed by atoms with Crippen molar-refractivity contribution in [3.63, 3.8) is 0 Å². The monoisotopic (exact) mass is 624 g/mol. The zero-order valence-electron chi connectivity index (χ0n) is 24.4. The molecular weight excluding hydrogens is 560 g/mol. The van der Waals surface area contributed by atoms with Crippen molar-refractivity contribution in [1.29, 1.82) is 0 Å². The van der Waals surface area contributed by atoms with E-state index in [2.05, 4.69) is 27.7 Å². The molecule has 0 spiro atoms. The maximum absolute atomic E-state index is 8.07. The van der Waals surface area contributed by atoms with Crippen LogP contribution in [0.5, 0.6) is 0 Å². The van der Waals surface area contributed by atoms with E-state index >= 15 is 0 Å². The first-order valence-corrected chi connectivity index (χ1v) is 12.2. The minimum absolute atomic E-state index is 0. The Kier molecular flexibility index (Phi) is 277. The third kappa shape index (κ3) is 425. The first-order chi connectivity index (χ1) is 15.3. The van der Waals surface area contributed by atoms with E-state index in [1.165, 1.54) is 0 Å². The van der Waals surface area contributed by atoms with Gasteiger partial charge in [-0.2, -0.15) is 0 Å². The molecule has 35 heavy (non-hydrogen) atoms. The first-order valence-electron chi connectivity index (χ1n) is 12.2. The summed E-state index contributed by atoms with van der Waals surface area (Å²) in [5.74, 6) is 0. The Labute approximate surface area is 264 Å². The molecule has 0 aromatic heterocycles. The van der Waals surface area contributed by atoms with Crippen LogP contribution in [0.4, 0.5) is 0 Å². The van der Waals surface area contributed by atoms with E-state index in [4.69, 9.17) is 40.9 Å². The summed E-state index contributed by atoms with van der Waals surface area (Å²) in [5.41, 5.74) is 0. The zero-order valence-corrected chi connectivity index (χ0v) is 29.1. The predicted octanol–water partition coefficient (Wildman–Crippen LogP) is 3.10. The van der Waals surface area contributed by atoms with E-state index in [9.17, 15) is 0 Å². The third-order valence-corrected chi connectivity index (χ3v) is 2.05. The second kappa shape index (κ2) is 137. The van der Waals surface area contributed by atoms with Gasteiger partial charge in [0.1, 0.15) is 0 Å². The molecule has 0 unspecified atom stereocenters. The van der Waals surface area contributed by atoms with Gasteiger partial charge < -0.3 is 40.9 Å². The molecule has 220 valence electrons. The van der Waals surface area contributed by atoms with E-state index < -0.39 is 0 Å². The van der Waals surface area contributed by atoms with Crippen LogP contribution in [-0.4, -0.2) is 93.7 Å². The molecule has 0 aliphatic carbocycles. The fourth-order valence-corrected chi connectivity index (χ4v) is 0.632. The fourth-order valence-electron chi connectivity index (χ4n) is 0.632. The Morgan fingerprint density at radius 3 is 0.371 bits per heavy atom. The van der Waals surface area contributed by atoms with Crippen molar-refractivity contribution in [1.82, 2.24) is 0 Å². The Bertz CT molecular complexity index is 129. The molecule has 8 nitrogen and oxygen atoms in total. The van der Waals surface area contributed by atoms with Crippen molar-refractivity contribution in [2.75, 3.05) is 52.9 Å². The van der Waals surface area contributed by atoms with Crippen molar-refractivity contribution < 1.29 is 106 Å². The molecule has 0 aromatic rings. The van der Waals surface area contributed by atoms with Gasteiger partial charge in [-0.15, -0.1) is 0 Å². The second-order valence-electron chi connectivity index (χ2n) is 5.57. The van der Waals surface area contributed by atoms with Crippen molar-refractivity contribution in [3.05, 3.63) is 0 Å². The molecular formula is C24H64O8Ti3. The fraction of sp³-hybridized carbons (Fsp3) is 1.00. The van der Waals surface area contributed by atoms with Gasteiger partial charge in [0, 0.05) is 118 Å². The molecule has 0 bridgehead atoms. The Morgan fingerprint density at radius 2 is 0.371 bits per heavy atom.